The molecule has 116 valence electrons. The smallest absolute Gasteiger partial charge is 0.306 e. The van der Waals surface area contributed by atoms with Crippen molar-refractivity contribution in [3.8, 4) is 0 Å². The third kappa shape index (κ3) is 3.47. The van der Waals surface area contributed by atoms with Gasteiger partial charge in [-0.1, -0.05) is 6.07 Å². The number of ether oxygens (including phenoxy) is 1. The normalized spacial score (nSPS) is 14.6. The molecule has 1 aromatic carbocycles. The lowest BCUT2D eigenvalue weighted by Crippen LogP contribution is -2.37. The van der Waals surface area contributed by atoms with Gasteiger partial charge in [0.2, 0.25) is 10.0 Å². The average molecular weight is 312 g/mol. The molecule has 21 heavy (non-hydrogen) atoms. The molecule has 0 saturated heterocycles. The first-order valence-electron chi connectivity index (χ1n) is 6.99. The van der Waals surface area contributed by atoms with Crippen LogP contribution >= 0.6 is 0 Å². The van der Waals surface area contributed by atoms with Gasteiger partial charge in [0.15, 0.2) is 0 Å². The Labute approximate surface area is 124 Å². The Kier molecular flexibility index (Phi) is 4.72. The molecule has 1 aromatic rings. The van der Waals surface area contributed by atoms with E-state index in [1.54, 1.807) is 25.1 Å². The van der Waals surface area contributed by atoms with Crippen molar-refractivity contribution < 1.29 is 17.9 Å². The summed E-state index contributed by atoms with van der Waals surface area (Å²) in [6, 6.07) is 5.27. The van der Waals surface area contributed by atoms with Gasteiger partial charge in [-0.15, -0.1) is 0 Å². The third-order valence-corrected chi connectivity index (χ3v) is 5.22. The third-order valence-electron chi connectivity index (χ3n) is 3.45. The number of carbonyl (C=O) groups excluding carboxylic acids is 1. The number of benzene rings is 1. The Bertz CT molecular complexity index is 628. The van der Waals surface area contributed by atoms with E-state index in [-0.39, 0.29) is 18.8 Å². The second-order valence-electron chi connectivity index (χ2n) is 4.89. The summed E-state index contributed by atoms with van der Waals surface area (Å²) in [4.78, 5) is 11.3. The first-order valence-corrected chi connectivity index (χ1v) is 8.60. The Hall–Kier alpha value is -1.76. The van der Waals surface area contributed by atoms with Gasteiger partial charge in [0.1, 0.15) is 0 Å². The number of nitrogens with zero attached hydrogens (tertiary/aromatic N) is 1. The number of sulfonamides is 1. The topological polar surface area (TPSA) is 89.7 Å². The molecule has 0 bridgehead atoms. The summed E-state index contributed by atoms with van der Waals surface area (Å²) in [5.74, 6) is -0.744. The predicted octanol–water partition coefficient (Wildman–Crippen LogP) is 1.30. The number of rotatable bonds is 5. The summed E-state index contributed by atoms with van der Waals surface area (Å²) < 4.78 is 31.0. The first-order chi connectivity index (χ1) is 9.95. The van der Waals surface area contributed by atoms with Gasteiger partial charge in [0.05, 0.1) is 24.5 Å². The molecule has 2 N–H and O–H groups in total. The summed E-state index contributed by atoms with van der Waals surface area (Å²) >= 11 is 0. The number of fused-ring (bicyclic) bond motifs is 1. The van der Waals surface area contributed by atoms with Crippen molar-refractivity contribution in [3.63, 3.8) is 0 Å². The number of hydrogen-bond donors (Lipinski definition) is 1. The van der Waals surface area contributed by atoms with E-state index in [0.29, 0.717) is 17.9 Å². The standard InChI is InChI=1S/C14H20N2O4S/c1-2-20-14(17)8-10-21(18,19)16-9-4-5-11-12(15)6-3-7-13(11)16/h3,6-7H,2,4-5,8-10,15H2,1H3. The van der Waals surface area contributed by atoms with Crippen molar-refractivity contribution in [2.45, 2.75) is 26.2 Å². The van der Waals surface area contributed by atoms with Crippen LogP contribution in [0.25, 0.3) is 0 Å². The van der Waals surface area contributed by atoms with Crippen LogP contribution in [0.1, 0.15) is 25.3 Å². The van der Waals surface area contributed by atoms with Crippen LogP contribution in [-0.4, -0.2) is 33.3 Å². The molecule has 6 nitrogen and oxygen atoms in total. The molecule has 1 heterocycles. The van der Waals surface area contributed by atoms with Crippen LogP contribution in [0.4, 0.5) is 11.4 Å². The quantitative estimate of drug-likeness (QED) is 0.654. The lowest BCUT2D eigenvalue weighted by atomic mass is 10.0. The van der Waals surface area contributed by atoms with E-state index < -0.39 is 16.0 Å². The minimum atomic E-state index is -3.55. The van der Waals surface area contributed by atoms with Gasteiger partial charge >= 0.3 is 5.97 Å². The molecule has 0 aliphatic carbocycles. The summed E-state index contributed by atoms with van der Waals surface area (Å²) in [5.41, 5.74) is 8.02. The summed E-state index contributed by atoms with van der Waals surface area (Å²) in [6.07, 6.45) is 1.36. The number of nitrogens with two attached hydrogens (primary N) is 1. The van der Waals surface area contributed by atoms with Gasteiger partial charge in [-0.25, -0.2) is 8.42 Å². The highest BCUT2D eigenvalue weighted by Crippen LogP contribution is 2.33. The van der Waals surface area contributed by atoms with Crippen LogP contribution in [0.3, 0.4) is 0 Å². The van der Waals surface area contributed by atoms with E-state index in [2.05, 4.69) is 0 Å². The van der Waals surface area contributed by atoms with Crippen molar-refractivity contribution >= 4 is 27.4 Å². The first kappa shape index (κ1) is 15.6. The maximum atomic E-state index is 12.4. The zero-order valence-corrected chi connectivity index (χ0v) is 12.9. The maximum absolute atomic E-state index is 12.4. The van der Waals surface area contributed by atoms with E-state index in [0.717, 1.165) is 18.4 Å². The number of esters is 1. The highest BCUT2D eigenvalue weighted by Gasteiger charge is 2.28. The van der Waals surface area contributed by atoms with Crippen LogP contribution in [0, 0.1) is 0 Å². The molecule has 1 aliphatic heterocycles. The fourth-order valence-corrected chi connectivity index (χ4v) is 3.99. The summed E-state index contributed by atoms with van der Waals surface area (Å²) in [5, 5.41) is 0. The highest BCUT2D eigenvalue weighted by molar-refractivity contribution is 7.92. The van der Waals surface area contributed by atoms with E-state index in [4.69, 9.17) is 10.5 Å². The van der Waals surface area contributed by atoms with E-state index in [1.807, 2.05) is 0 Å². The van der Waals surface area contributed by atoms with Crippen molar-refractivity contribution in [2.24, 2.45) is 0 Å². The molecule has 0 fully saturated rings. The van der Waals surface area contributed by atoms with E-state index in [9.17, 15) is 13.2 Å². The second kappa shape index (κ2) is 6.34. The van der Waals surface area contributed by atoms with Crippen LogP contribution in [-0.2, 0) is 26.0 Å². The van der Waals surface area contributed by atoms with Crippen LogP contribution < -0.4 is 10.0 Å². The Balaban J connectivity index is 2.19. The zero-order chi connectivity index (χ0) is 15.5. The zero-order valence-electron chi connectivity index (χ0n) is 12.0. The van der Waals surface area contributed by atoms with Gasteiger partial charge in [-0.3, -0.25) is 9.10 Å². The van der Waals surface area contributed by atoms with Crippen LogP contribution in [0.5, 0.6) is 0 Å². The number of hydrogen-bond acceptors (Lipinski definition) is 5. The molecule has 0 aromatic heterocycles. The molecule has 0 saturated carbocycles. The molecule has 0 atom stereocenters. The number of carbonyl (C=O) groups is 1. The number of anilines is 2. The molecular formula is C14H20N2O4S. The Morgan fingerprint density at radius 3 is 2.90 bits per heavy atom. The molecule has 0 unspecified atom stereocenters. The van der Waals surface area contributed by atoms with Crippen LogP contribution in [0.15, 0.2) is 18.2 Å². The summed E-state index contributed by atoms with van der Waals surface area (Å²) in [6.45, 7) is 2.36. The molecule has 1 aliphatic rings. The van der Waals surface area contributed by atoms with E-state index >= 15 is 0 Å². The lowest BCUT2D eigenvalue weighted by molar-refractivity contribution is -0.142. The monoisotopic (exact) mass is 312 g/mol. The second-order valence-corrected chi connectivity index (χ2v) is 6.90. The fourth-order valence-electron chi connectivity index (χ4n) is 2.46. The van der Waals surface area contributed by atoms with Crippen molar-refractivity contribution in [3.05, 3.63) is 23.8 Å². The summed E-state index contributed by atoms with van der Waals surface area (Å²) in [7, 11) is -3.55. The molecule has 2 rings (SSSR count). The van der Waals surface area contributed by atoms with Gasteiger partial charge < -0.3 is 10.5 Å². The SMILES string of the molecule is CCOC(=O)CCS(=O)(=O)N1CCCc2c(N)cccc21. The predicted molar refractivity (Wildman–Crippen MR) is 81.6 cm³/mol. The van der Waals surface area contributed by atoms with Gasteiger partial charge in [0.25, 0.3) is 0 Å². The molecule has 7 heteroatoms. The molecular weight excluding hydrogens is 292 g/mol. The van der Waals surface area contributed by atoms with Gasteiger partial charge in [-0.05, 0) is 37.5 Å². The minimum Gasteiger partial charge on any atom is -0.466 e. The minimum absolute atomic E-state index is 0.135. The van der Waals surface area contributed by atoms with E-state index in [1.165, 1.54) is 4.31 Å². The maximum Gasteiger partial charge on any atom is 0.306 e. The highest BCUT2D eigenvalue weighted by atomic mass is 32.2. The number of nitrogen functional groups attached to an aromatic ring is 1. The van der Waals surface area contributed by atoms with Crippen molar-refractivity contribution in [1.29, 1.82) is 0 Å². The van der Waals surface area contributed by atoms with Gasteiger partial charge in [-0.2, -0.15) is 0 Å². The average Bonchev–Trinajstić information content (AvgIpc) is 2.45. The van der Waals surface area contributed by atoms with Gasteiger partial charge in [0, 0.05) is 12.2 Å². The fraction of sp³-hybridized carbons (Fsp3) is 0.500. The Morgan fingerprint density at radius 1 is 1.43 bits per heavy atom. The lowest BCUT2D eigenvalue weighted by Gasteiger charge is -2.31. The van der Waals surface area contributed by atoms with Crippen LogP contribution in [0.2, 0.25) is 0 Å². The van der Waals surface area contributed by atoms with Crippen molar-refractivity contribution in [1.82, 2.24) is 0 Å². The van der Waals surface area contributed by atoms with Crippen molar-refractivity contribution in [2.75, 3.05) is 28.9 Å². The molecule has 0 radical (unpaired) electrons. The molecule has 0 amide bonds. The Morgan fingerprint density at radius 2 is 2.19 bits per heavy atom. The molecule has 0 spiro atoms. The largest absolute Gasteiger partial charge is 0.466 e.